The zero-order valence-electron chi connectivity index (χ0n) is 8.31. The Labute approximate surface area is 97.7 Å². The summed E-state index contributed by atoms with van der Waals surface area (Å²) in [4.78, 5) is 0. The lowest BCUT2D eigenvalue weighted by Crippen LogP contribution is -2.41. The first kappa shape index (κ1) is 16.7. The molecule has 0 aromatic heterocycles. The second-order valence-corrected chi connectivity index (χ2v) is 5.26. The van der Waals surface area contributed by atoms with Gasteiger partial charge in [-0.3, -0.25) is 8.37 Å². The zero-order chi connectivity index (χ0) is 13.7. The molecule has 0 atom stereocenters. The minimum Gasteiger partial charge on any atom is -0.726 e. The average molecular weight is 294 g/mol. The van der Waals surface area contributed by atoms with Crippen LogP contribution < -0.4 is 0 Å². The maximum Gasteiger partial charge on any atom is 0.217 e. The van der Waals surface area contributed by atoms with Crippen molar-refractivity contribution in [3.63, 3.8) is 0 Å². The van der Waals surface area contributed by atoms with Gasteiger partial charge < -0.3 is 19.3 Å². The number of hydrogen-bond acceptors (Lipinski definition) is 10. The summed E-state index contributed by atoms with van der Waals surface area (Å²) in [5, 5.41) is 17.7. The molecule has 0 heterocycles. The highest BCUT2D eigenvalue weighted by molar-refractivity contribution is 7.81. The molecule has 0 unspecified atom stereocenters. The fourth-order valence-corrected chi connectivity index (χ4v) is 1.46. The monoisotopic (exact) mass is 294 g/mol. The van der Waals surface area contributed by atoms with E-state index in [0.717, 1.165) is 0 Å². The van der Waals surface area contributed by atoms with Gasteiger partial charge in [0.1, 0.15) is 0 Å². The Bertz CT molecular complexity index is 380. The third-order valence-corrected chi connectivity index (χ3v) is 2.50. The van der Waals surface area contributed by atoms with E-state index in [1.165, 1.54) is 0 Å². The first-order chi connectivity index (χ1) is 7.54. The van der Waals surface area contributed by atoms with Crippen LogP contribution >= 0.6 is 0 Å². The summed E-state index contributed by atoms with van der Waals surface area (Å²) >= 11 is 0. The van der Waals surface area contributed by atoms with Crippen LogP contribution in [0.1, 0.15) is 0 Å². The Balaban J connectivity index is 4.67. The molecule has 0 aliphatic rings. The van der Waals surface area contributed by atoms with Crippen LogP contribution in [-0.2, 0) is 29.2 Å². The molecule has 10 nitrogen and oxygen atoms in total. The zero-order valence-corrected chi connectivity index (χ0v) is 9.94. The largest absolute Gasteiger partial charge is 0.726 e. The molecule has 0 saturated carbocycles. The number of hydrogen-bond donors (Lipinski definition) is 2. The van der Waals surface area contributed by atoms with Crippen molar-refractivity contribution in [2.75, 3.05) is 26.4 Å². The Morgan fingerprint density at radius 3 is 1.35 bits per heavy atom. The van der Waals surface area contributed by atoms with Crippen molar-refractivity contribution in [2.24, 2.45) is 5.41 Å². The van der Waals surface area contributed by atoms with Gasteiger partial charge in [-0.25, -0.2) is 16.8 Å². The van der Waals surface area contributed by atoms with Crippen LogP contribution in [0.25, 0.3) is 0 Å². The highest BCUT2D eigenvalue weighted by Crippen LogP contribution is 2.18. The van der Waals surface area contributed by atoms with Crippen molar-refractivity contribution in [1.82, 2.24) is 0 Å². The average Bonchev–Trinajstić information content (AvgIpc) is 2.16. The van der Waals surface area contributed by atoms with Crippen molar-refractivity contribution in [3.8, 4) is 0 Å². The Morgan fingerprint density at radius 2 is 1.18 bits per heavy atom. The van der Waals surface area contributed by atoms with E-state index in [1.807, 2.05) is 0 Å². The first-order valence-electron chi connectivity index (χ1n) is 3.96. The summed E-state index contributed by atoms with van der Waals surface area (Å²) in [6.07, 6.45) is 0. The SMILES string of the molecule is O=S(=O)([O-])OCC(CO)(CO)COS(=O)(=O)[O-]. The first-order valence-corrected chi connectivity index (χ1v) is 6.62. The fraction of sp³-hybridized carbons (Fsp3) is 1.00. The lowest BCUT2D eigenvalue weighted by molar-refractivity contribution is -0.0204. The molecule has 0 rings (SSSR count). The van der Waals surface area contributed by atoms with Crippen LogP contribution in [0, 0.1) is 5.41 Å². The van der Waals surface area contributed by atoms with Crippen LogP contribution in [0.2, 0.25) is 0 Å². The van der Waals surface area contributed by atoms with E-state index in [9.17, 15) is 25.9 Å². The standard InChI is InChI=1S/C5H12O10S2/c6-1-5(2-7,3-14-16(8,9)10)4-15-17(11,12)13/h6-7H,1-4H2,(H,8,9,10)(H,11,12,13)/p-2. The summed E-state index contributed by atoms with van der Waals surface area (Å²) < 4.78 is 68.4. The van der Waals surface area contributed by atoms with E-state index in [2.05, 4.69) is 8.37 Å². The number of rotatable bonds is 8. The predicted molar refractivity (Wildman–Crippen MR) is 47.9 cm³/mol. The van der Waals surface area contributed by atoms with Gasteiger partial charge in [0.05, 0.1) is 31.8 Å². The number of aliphatic hydroxyl groups is 2. The minimum absolute atomic E-state index is 0.964. The van der Waals surface area contributed by atoms with E-state index in [-0.39, 0.29) is 0 Å². The smallest absolute Gasteiger partial charge is 0.217 e. The third-order valence-electron chi connectivity index (χ3n) is 1.69. The van der Waals surface area contributed by atoms with Crippen molar-refractivity contribution >= 4 is 20.8 Å². The molecular weight excluding hydrogens is 284 g/mol. The topological polar surface area (TPSA) is 173 Å². The molecule has 0 fully saturated rings. The molecular formula is C5H10O10S2-2. The second kappa shape index (κ2) is 6.01. The molecule has 0 aliphatic heterocycles. The molecule has 0 aliphatic carbocycles. The van der Waals surface area contributed by atoms with Gasteiger partial charge >= 0.3 is 0 Å². The van der Waals surface area contributed by atoms with Crippen molar-refractivity contribution < 1.29 is 44.5 Å². The lowest BCUT2D eigenvalue weighted by atomic mass is 9.93. The van der Waals surface area contributed by atoms with Crippen LogP contribution in [0.5, 0.6) is 0 Å². The molecule has 104 valence electrons. The normalized spacial score (nSPS) is 13.9. The molecule has 0 amide bonds. The predicted octanol–water partition coefficient (Wildman–Crippen LogP) is -3.09. The quantitative estimate of drug-likeness (QED) is 0.345. The van der Waals surface area contributed by atoms with E-state index in [1.54, 1.807) is 0 Å². The molecule has 0 aromatic carbocycles. The van der Waals surface area contributed by atoms with Gasteiger partial charge in [-0.1, -0.05) is 0 Å². The maximum absolute atomic E-state index is 10.1. The van der Waals surface area contributed by atoms with Crippen LogP contribution in [0.15, 0.2) is 0 Å². The molecule has 2 N–H and O–H groups in total. The Hall–Kier alpha value is -0.340. The summed E-state index contributed by atoms with van der Waals surface area (Å²) in [6, 6.07) is 0. The molecule has 12 heteroatoms. The van der Waals surface area contributed by atoms with Gasteiger partial charge in [-0.2, -0.15) is 0 Å². The van der Waals surface area contributed by atoms with Gasteiger partial charge in [0.2, 0.25) is 20.8 Å². The van der Waals surface area contributed by atoms with E-state index in [0.29, 0.717) is 0 Å². The molecule has 0 radical (unpaired) electrons. The summed E-state index contributed by atoms with van der Waals surface area (Å²) in [7, 11) is -10.2. The molecule has 0 aromatic rings. The third kappa shape index (κ3) is 7.56. The van der Waals surface area contributed by atoms with Gasteiger partial charge in [0.15, 0.2) is 0 Å². The van der Waals surface area contributed by atoms with E-state index >= 15 is 0 Å². The van der Waals surface area contributed by atoms with Crippen molar-refractivity contribution in [1.29, 1.82) is 0 Å². The highest BCUT2D eigenvalue weighted by Gasteiger charge is 2.32. The van der Waals surface area contributed by atoms with Gasteiger partial charge in [-0.05, 0) is 0 Å². The Kier molecular flexibility index (Phi) is 5.89. The van der Waals surface area contributed by atoms with Gasteiger partial charge in [-0.15, -0.1) is 0 Å². The van der Waals surface area contributed by atoms with Gasteiger partial charge in [0, 0.05) is 0 Å². The lowest BCUT2D eigenvalue weighted by Gasteiger charge is -2.29. The fourth-order valence-electron chi connectivity index (χ4n) is 0.669. The van der Waals surface area contributed by atoms with Gasteiger partial charge in [0.25, 0.3) is 0 Å². The Morgan fingerprint density at radius 1 is 0.882 bits per heavy atom. The van der Waals surface area contributed by atoms with E-state index < -0.39 is 52.6 Å². The molecule has 0 saturated heterocycles. The number of aliphatic hydroxyl groups excluding tert-OH is 2. The minimum atomic E-state index is -5.09. The van der Waals surface area contributed by atoms with Crippen LogP contribution in [-0.4, -0.2) is 62.6 Å². The maximum atomic E-state index is 10.1. The molecule has 17 heavy (non-hydrogen) atoms. The summed E-state index contributed by atoms with van der Waals surface area (Å²) in [5.41, 5.74) is -1.89. The molecule has 0 bridgehead atoms. The molecule has 0 spiro atoms. The van der Waals surface area contributed by atoms with E-state index in [4.69, 9.17) is 10.2 Å². The summed E-state index contributed by atoms with van der Waals surface area (Å²) in [5.74, 6) is 0. The second-order valence-electron chi connectivity index (χ2n) is 3.16. The van der Waals surface area contributed by atoms with Crippen molar-refractivity contribution in [3.05, 3.63) is 0 Å². The van der Waals surface area contributed by atoms with Crippen LogP contribution in [0.4, 0.5) is 0 Å². The summed E-state index contributed by atoms with van der Waals surface area (Å²) in [6.45, 7) is -3.98. The van der Waals surface area contributed by atoms with Crippen molar-refractivity contribution in [2.45, 2.75) is 0 Å². The van der Waals surface area contributed by atoms with Crippen LogP contribution in [0.3, 0.4) is 0 Å². The highest BCUT2D eigenvalue weighted by atomic mass is 32.3.